The lowest BCUT2D eigenvalue weighted by Gasteiger charge is -2.13. The normalized spacial score (nSPS) is 12.5. The third-order valence-corrected chi connectivity index (χ3v) is 5.48. The Balaban J connectivity index is 1.55. The van der Waals surface area contributed by atoms with Crippen LogP contribution >= 0.6 is 11.3 Å². The first-order chi connectivity index (χ1) is 15.5. The Hall–Kier alpha value is -4.05. The summed E-state index contributed by atoms with van der Waals surface area (Å²) in [5, 5.41) is 5.83. The summed E-state index contributed by atoms with van der Waals surface area (Å²) in [6.45, 7) is 1.44. The topological polar surface area (TPSA) is 118 Å². The highest BCUT2D eigenvalue weighted by molar-refractivity contribution is 7.20. The molecule has 0 bridgehead atoms. The van der Waals surface area contributed by atoms with E-state index in [0.29, 0.717) is 10.7 Å². The SMILES string of the molecule is CCOC(=O)Nc1nc(-c2ccccc2)c(NC(=O)CN2C(=O)c3ccccc3C2=O)s1. The molecule has 4 amide bonds. The predicted octanol–water partition coefficient (Wildman–Crippen LogP) is 3.61. The number of carbonyl (C=O) groups is 4. The Morgan fingerprint density at radius 3 is 2.22 bits per heavy atom. The van der Waals surface area contributed by atoms with Gasteiger partial charge in [-0.15, -0.1) is 0 Å². The average molecular weight is 450 g/mol. The molecule has 0 radical (unpaired) electrons. The van der Waals surface area contributed by atoms with Crippen LogP contribution in [0.1, 0.15) is 27.6 Å². The van der Waals surface area contributed by atoms with E-state index in [1.54, 1.807) is 31.2 Å². The number of thiazole rings is 1. The maximum Gasteiger partial charge on any atom is 0.413 e. The second-order valence-corrected chi connectivity index (χ2v) is 7.70. The molecule has 32 heavy (non-hydrogen) atoms. The van der Waals surface area contributed by atoms with Crippen molar-refractivity contribution in [2.45, 2.75) is 6.92 Å². The molecule has 3 aromatic rings. The molecule has 0 fully saturated rings. The number of rotatable bonds is 6. The van der Waals surface area contributed by atoms with Crippen molar-refractivity contribution in [3.63, 3.8) is 0 Å². The van der Waals surface area contributed by atoms with Crippen LogP contribution in [0.4, 0.5) is 14.9 Å². The fourth-order valence-corrected chi connectivity index (χ4v) is 4.09. The molecule has 0 saturated heterocycles. The van der Waals surface area contributed by atoms with Crippen LogP contribution in [0.15, 0.2) is 54.6 Å². The number of hydrogen-bond donors (Lipinski definition) is 2. The van der Waals surface area contributed by atoms with Crippen molar-refractivity contribution >= 4 is 45.3 Å². The van der Waals surface area contributed by atoms with Gasteiger partial charge in [-0.2, -0.15) is 0 Å². The smallest absolute Gasteiger partial charge is 0.413 e. The highest BCUT2D eigenvalue weighted by atomic mass is 32.1. The zero-order valence-electron chi connectivity index (χ0n) is 17.0. The van der Waals surface area contributed by atoms with Crippen LogP contribution in [0, 0.1) is 0 Å². The molecule has 9 nitrogen and oxygen atoms in total. The fourth-order valence-electron chi connectivity index (χ4n) is 3.20. The van der Waals surface area contributed by atoms with Crippen molar-refractivity contribution in [2.24, 2.45) is 0 Å². The number of anilines is 2. The van der Waals surface area contributed by atoms with Crippen LogP contribution in [0.3, 0.4) is 0 Å². The monoisotopic (exact) mass is 450 g/mol. The Morgan fingerprint density at radius 2 is 1.59 bits per heavy atom. The molecular formula is C22H18N4O5S. The summed E-state index contributed by atoms with van der Waals surface area (Å²) in [5.74, 6) is -1.60. The zero-order valence-corrected chi connectivity index (χ0v) is 17.8. The Kier molecular flexibility index (Phi) is 5.95. The largest absolute Gasteiger partial charge is 0.450 e. The van der Waals surface area contributed by atoms with Gasteiger partial charge in [-0.1, -0.05) is 53.8 Å². The van der Waals surface area contributed by atoms with Crippen LogP contribution in [0.5, 0.6) is 0 Å². The zero-order chi connectivity index (χ0) is 22.7. The quantitative estimate of drug-likeness (QED) is 0.554. The van der Waals surface area contributed by atoms with Gasteiger partial charge in [-0.25, -0.2) is 9.78 Å². The van der Waals surface area contributed by atoms with Crippen LogP contribution in [-0.2, 0) is 9.53 Å². The van der Waals surface area contributed by atoms with Crippen LogP contribution in [0.2, 0.25) is 0 Å². The van der Waals surface area contributed by atoms with Gasteiger partial charge in [-0.3, -0.25) is 24.6 Å². The number of amides is 4. The molecule has 162 valence electrons. The summed E-state index contributed by atoms with van der Waals surface area (Å²) in [6.07, 6.45) is -0.662. The van der Waals surface area contributed by atoms with E-state index in [9.17, 15) is 19.2 Å². The van der Waals surface area contributed by atoms with Gasteiger partial charge in [0.15, 0.2) is 5.13 Å². The van der Waals surface area contributed by atoms with E-state index < -0.39 is 30.4 Å². The molecule has 2 heterocycles. The molecule has 0 unspecified atom stereocenters. The van der Waals surface area contributed by atoms with Gasteiger partial charge in [0.05, 0.1) is 17.7 Å². The summed E-state index contributed by atoms with van der Waals surface area (Å²) in [6, 6.07) is 15.5. The molecule has 0 spiro atoms. The lowest BCUT2D eigenvalue weighted by atomic mass is 10.1. The molecule has 0 atom stereocenters. The van der Waals surface area contributed by atoms with Gasteiger partial charge in [-0.05, 0) is 19.1 Å². The number of hydrogen-bond acceptors (Lipinski definition) is 7. The van der Waals surface area contributed by atoms with E-state index in [4.69, 9.17) is 4.74 Å². The van der Waals surface area contributed by atoms with Crippen LogP contribution in [-0.4, -0.2) is 46.9 Å². The molecule has 0 saturated carbocycles. The van der Waals surface area contributed by atoms with E-state index in [2.05, 4.69) is 15.6 Å². The first kappa shape index (κ1) is 21.2. The second-order valence-electron chi connectivity index (χ2n) is 6.70. The standard InChI is InChI=1S/C22H18N4O5S/c1-2-31-22(30)25-21-24-17(13-8-4-3-5-9-13)18(32-21)23-16(27)12-26-19(28)14-10-6-7-11-15(14)20(26)29/h3-11H,2,12H2,1H3,(H,23,27)(H,24,25,30). The average Bonchev–Trinajstić information content (AvgIpc) is 3.28. The summed E-state index contributed by atoms with van der Waals surface area (Å²) in [7, 11) is 0. The number of benzene rings is 2. The summed E-state index contributed by atoms with van der Waals surface area (Å²) in [4.78, 5) is 54.9. The lowest BCUT2D eigenvalue weighted by Crippen LogP contribution is -2.37. The summed E-state index contributed by atoms with van der Waals surface area (Å²) < 4.78 is 4.87. The van der Waals surface area contributed by atoms with Crippen molar-refractivity contribution in [1.29, 1.82) is 0 Å². The Labute approximate surface area is 187 Å². The Bertz CT molecular complexity index is 1170. The minimum Gasteiger partial charge on any atom is -0.450 e. The highest BCUT2D eigenvalue weighted by Gasteiger charge is 2.36. The van der Waals surface area contributed by atoms with Crippen molar-refractivity contribution in [1.82, 2.24) is 9.88 Å². The maximum atomic E-state index is 12.7. The minimum absolute atomic E-state index is 0.201. The van der Waals surface area contributed by atoms with Crippen molar-refractivity contribution in [3.05, 3.63) is 65.7 Å². The Morgan fingerprint density at radius 1 is 0.969 bits per heavy atom. The third kappa shape index (κ3) is 4.21. The van der Waals surface area contributed by atoms with Crippen molar-refractivity contribution < 1.29 is 23.9 Å². The number of imide groups is 1. The number of carbonyl (C=O) groups excluding carboxylic acids is 4. The number of nitrogens with zero attached hydrogens (tertiary/aromatic N) is 2. The van der Waals surface area contributed by atoms with E-state index in [-0.39, 0.29) is 22.9 Å². The first-order valence-electron chi connectivity index (χ1n) is 9.73. The molecule has 1 aliphatic rings. The molecule has 2 aromatic carbocycles. The third-order valence-electron chi connectivity index (χ3n) is 4.59. The molecule has 1 aromatic heterocycles. The van der Waals surface area contributed by atoms with Crippen molar-refractivity contribution in [2.75, 3.05) is 23.8 Å². The van der Waals surface area contributed by atoms with Gasteiger partial charge in [0, 0.05) is 5.56 Å². The predicted molar refractivity (Wildman–Crippen MR) is 119 cm³/mol. The van der Waals surface area contributed by atoms with E-state index in [1.807, 2.05) is 30.3 Å². The molecule has 4 rings (SSSR count). The van der Waals surface area contributed by atoms with Gasteiger partial charge in [0.25, 0.3) is 11.8 Å². The first-order valence-corrected chi connectivity index (χ1v) is 10.5. The number of ether oxygens (including phenoxy) is 1. The van der Waals surface area contributed by atoms with Gasteiger partial charge >= 0.3 is 6.09 Å². The maximum absolute atomic E-state index is 12.7. The molecule has 0 aliphatic carbocycles. The number of nitrogens with one attached hydrogen (secondary N) is 2. The van der Waals surface area contributed by atoms with Crippen LogP contribution in [0.25, 0.3) is 11.3 Å². The lowest BCUT2D eigenvalue weighted by molar-refractivity contribution is -0.116. The number of aromatic nitrogens is 1. The van der Waals surface area contributed by atoms with Gasteiger partial charge in [0.1, 0.15) is 17.2 Å². The summed E-state index contributed by atoms with van der Waals surface area (Å²) >= 11 is 1.04. The van der Waals surface area contributed by atoms with Crippen LogP contribution < -0.4 is 10.6 Å². The summed E-state index contributed by atoms with van der Waals surface area (Å²) in [5.41, 5.74) is 1.71. The van der Waals surface area contributed by atoms with Gasteiger partial charge < -0.3 is 10.1 Å². The highest BCUT2D eigenvalue weighted by Crippen LogP contribution is 2.36. The van der Waals surface area contributed by atoms with E-state index in [1.165, 1.54) is 0 Å². The molecule has 1 aliphatic heterocycles. The second kappa shape index (κ2) is 8.98. The number of fused-ring (bicyclic) bond motifs is 1. The molecular weight excluding hydrogens is 432 g/mol. The van der Waals surface area contributed by atoms with Gasteiger partial charge in [0.2, 0.25) is 5.91 Å². The minimum atomic E-state index is -0.662. The van der Waals surface area contributed by atoms with Crippen molar-refractivity contribution in [3.8, 4) is 11.3 Å². The fraction of sp³-hybridized carbons (Fsp3) is 0.136. The molecule has 10 heteroatoms. The van der Waals surface area contributed by atoms with E-state index in [0.717, 1.165) is 21.8 Å². The molecule has 2 N–H and O–H groups in total. The van der Waals surface area contributed by atoms with E-state index >= 15 is 0 Å².